The van der Waals surface area contributed by atoms with E-state index in [9.17, 15) is 10.4 Å². The van der Waals surface area contributed by atoms with Gasteiger partial charge in [0.15, 0.2) is 0 Å². The van der Waals surface area contributed by atoms with Crippen LogP contribution in [0.15, 0.2) is 18.2 Å². The van der Waals surface area contributed by atoms with Crippen LogP contribution in [0.4, 0.5) is 5.69 Å². The molecule has 0 saturated carbocycles. The molecule has 4 nitrogen and oxygen atoms in total. The number of rotatable bonds is 5. The van der Waals surface area contributed by atoms with Crippen LogP contribution in [0.5, 0.6) is 0 Å². The SMILES string of the molecule is CCCNCc1ccc(N2CCC(O)C(C)C2)c(C#N)c1. The summed E-state index contributed by atoms with van der Waals surface area (Å²) in [6, 6.07) is 8.44. The third-order valence-electron chi connectivity index (χ3n) is 4.14. The molecular formula is C17H25N3O. The van der Waals surface area contributed by atoms with E-state index in [0.29, 0.717) is 0 Å². The first-order valence-corrected chi connectivity index (χ1v) is 7.82. The standard InChI is InChI=1S/C17H25N3O/c1-3-7-19-11-14-4-5-16(15(9-14)10-18)20-8-6-17(21)13(2)12-20/h4-5,9,13,17,19,21H,3,6-8,11-12H2,1-2H3. The number of benzene rings is 1. The van der Waals surface area contributed by atoms with Crippen molar-refractivity contribution in [2.45, 2.75) is 39.3 Å². The van der Waals surface area contributed by atoms with Crippen LogP contribution >= 0.6 is 0 Å². The summed E-state index contributed by atoms with van der Waals surface area (Å²) >= 11 is 0. The Kier molecular flexibility index (Phi) is 5.60. The van der Waals surface area contributed by atoms with Gasteiger partial charge in [0.1, 0.15) is 6.07 Å². The zero-order valence-electron chi connectivity index (χ0n) is 13.0. The van der Waals surface area contributed by atoms with Crippen molar-refractivity contribution in [2.75, 3.05) is 24.5 Å². The summed E-state index contributed by atoms with van der Waals surface area (Å²) in [6.07, 6.45) is 1.66. The van der Waals surface area contributed by atoms with Gasteiger partial charge in [0.05, 0.1) is 17.4 Å². The van der Waals surface area contributed by atoms with Gasteiger partial charge < -0.3 is 15.3 Å². The van der Waals surface area contributed by atoms with Gasteiger partial charge in [0.25, 0.3) is 0 Å². The number of nitrogens with one attached hydrogen (secondary N) is 1. The molecule has 2 rings (SSSR count). The van der Waals surface area contributed by atoms with Crippen LogP contribution in [0, 0.1) is 17.2 Å². The maximum Gasteiger partial charge on any atom is 0.101 e. The van der Waals surface area contributed by atoms with Gasteiger partial charge in [0, 0.05) is 19.6 Å². The largest absolute Gasteiger partial charge is 0.393 e. The molecule has 1 aromatic rings. The molecule has 1 heterocycles. The fourth-order valence-corrected chi connectivity index (χ4v) is 2.82. The molecule has 114 valence electrons. The first-order chi connectivity index (χ1) is 10.2. The molecule has 0 aromatic heterocycles. The third kappa shape index (κ3) is 3.96. The molecule has 1 aromatic carbocycles. The van der Waals surface area contributed by atoms with E-state index in [4.69, 9.17) is 0 Å². The number of aliphatic hydroxyl groups is 1. The summed E-state index contributed by atoms with van der Waals surface area (Å²) in [5, 5.41) is 22.6. The summed E-state index contributed by atoms with van der Waals surface area (Å²) in [5.74, 6) is 0.246. The third-order valence-corrected chi connectivity index (χ3v) is 4.14. The first kappa shape index (κ1) is 15.8. The van der Waals surface area contributed by atoms with E-state index in [1.807, 2.05) is 12.1 Å². The normalized spacial score (nSPS) is 22.1. The lowest BCUT2D eigenvalue weighted by molar-refractivity contribution is 0.0971. The van der Waals surface area contributed by atoms with Crippen molar-refractivity contribution < 1.29 is 5.11 Å². The van der Waals surface area contributed by atoms with Crippen LogP contribution in [0.2, 0.25) is 0 Å². The first-order valence-electron chi connectivity index (χ1n) is 7.82. The molecule has 1 saturated heterocycles. The Balaban J connectivity index is 2.11. The summed E-state index contributed by atoms with van der Waals surface area (Å²) in [5.41, 5.74) is 2.87. The van der Waals surface area contributed by atoms with E-state index in [1.54, 1.807) is 0 Å². The second kappa shape index (κ2) is 7.44. The van der Waals surface area contributed by atoms with Crippen molar-refractivity contribution >= 4 is 5.69 Å². The Hall–Kier alpha value is -1.57. The molecule has 0 spiro atoms. The van der Waals surface area contributed by atoms with Crippen LogP contribution in [0.3, 0.4) is 0 Å². The minimum absolute atomic E-state index is 0.218. The second-order valence-corrected chi connectivity index (χ2v) is 5.92. The molecule has 0 aliphatic carbocycles. The highest BCUT2D eigenvalue weighted by Gasteiger charge is 2.25. The fraction of sp³-hybridized carbons (Fsp3) is 0.588. The number of nitrogens with zero attached hydrogens (tertiary/aromatic N) is 2. The van der Waals surface area contributed by atoms with Crippen LogP contribution in [-0.2, 0) is 6.54 Å². The summed E-state index contributed by atoms with van der Waals surface area (Å²) in [4.78, 5) is 2.22. The van der Waals surface area contributed by atoms with Crippen molar-refractivity contribution in [1.29, 1.82) is 5.26 Å². The monoisotopic (exact) mass is 287 g/mol. The Morgan fingerprint density at radius 3 is 2.95 bits per heavy atom. The minimum Gasteiger partial charge on any atom is -0.393 e. The van der Waals surface area contributed by atoms with Gasteiger partial charge in [-0.1, -0.05) is 19.9 Å². The molecular weight excluding hydrogens is 262 g/mol. The molecule has 2 unspecified atom stereocenters. The van der Waals surface area contributed by atoms with Crippen molar-refractivity contribution in [2.24, 2.45) is 5.92 Å². The number of piperidine rings is 1. The number of aliphatic hydroxyl groups excluding tert-OH is 1. The van der Waals surface area contributed by atoms with E-state index < -0.39 is 0 Å². The lowest BCUT2D eigenvalue weighted by atomic mass is 9.95. The molecule has 0 bridgehead atoms. The molecule has 2 atom stereocenters. The number of anilines is 1. The van der Waals surface area contributed by atoms with E-state index in [2.05, 4.69) is 36.2 Å². The number of hydrogen-bond donors (Lipinski definition) is 2. The van der Waals surface area contributed by atoms with Gasteiger partial charge in [-0.3, -0.25) is 0 Å². The zero-order valence-corrected chi connectivity index (χ0v) is 13.0. The van der Waals surface area contributed by atoms with E-state index in [-0.39, 0.29) is 12.0 Å². The fourth-order valence-electron chi connectivity index (χ4n) is 2.82. The van der Waals surface area contributed by atoms with Gasteiger partial charge in [-0.2, -0.15) is 5.26 Å². The van der Waals surface area contributed by atoms with Gasteiger partial charge >= 0.3 is 0 Å². The van der Waals surface area contributed by atoms with E-state index >= 15 is 0 Å². The maximum atomic E-state index is 9.83. The quantitative estimate of drug-likeness (QED) is 0.816. The van der Waals surface area contributed by atoms with Gasteiger partial charge in [0.2, 0.25) is 0 Å². The van der Waals surface area contributed by atoms with E-state index in [0.717, 1.165) is 55.8 Å². The number of nitriles is 1. The summed E-state index contributed by atoms with van der Waals surface area (Å²) < 4.78 is 0. The molecule has 4 heteroatoms. The van der Waals surface area contributed by atoms with Crippen molar-refractivity contribution in [3.8, 4) is 6.07 Å². The highest BCUT2D eigenvalue weighted by molar-refractivity contribution is 5.60. The van der Waals surface area contributed by atoms with Gasteiger partial charge in [-0.25, -0.2) is 0 Å². The van der Waals surface area contributed by atoms with Crippen molar-refractivity contribution in [3.63, 3.8) is 0 Å². The molecule has 1 aliphatic heterocycles. The summed E-state index contributed by atoms with van der Waals surface area (Å²) in [7, 11) is 0. The summed E-state index contributed by atoms with van der Waals surface area (Å²) in [6.45, 7) is 7.62. The van der Waals surface area contributed by atoms with E-state index in [1.165, 1.54) is 0 Å². The zero-order chi connectivity index (χ0) is 15.2. The topological polar surface area (TPSA) is 59.3 Å². The van der Waals surface area contributed by atoms with Crippen LogP contribution < -0.4 is 10.2 Å². The molecule has 0 radical (unpaired) electrons. The van der Waals surface area contributed by atoms with Crippen LogP contribution in [0.1, 0.15) is 37.8 Å². The Morgan fingerprint density at radius 1 is 1.48 bits per heavy atom. The highest BCUT2D eigenvalue weighted by atomic mass is 16.3. The van der Waals surface area contributed by atoms with Gasteiger partial charge in [-0.05, 0) is 43.0 Å². The minimum atomic E-state index is -0.218. The smallest absolute Gasteiger partial charge is 0.101 e. The van der Waals surface area contributed by atoms with Crippen molar-refractivity contribution in [1.82, 2.24) is 5.32 Å². The Labute approximate surface area is 127 Å². The predicted molar refractivity (Wildman–Crippen MR) is 85.2 cm³/mol. The average molecular weight is 287 g/mol. The number of hydrogen-bond acceptors (Lipinski definition) is 4. The molecule has 1 aliphatic rings. The van der Waals surface area contributed by atoms with Crippen LogP contribution in [-0.4, -0.2) is 30.8 Å². The van der Waals surface area contributed by atoms with Gasteiger partial charge in [-0.15, -0.1) is 0 Å². The maximum absolute atomic E-state index is 9.83. The molecule has 2 N–H and O–H groups in total. The lowest BCUT2D eigenvalue weighted by Gasteiger charge is -2.36. The van der Waals surface area contributed by atoms with Crippen molar-refractivity contribution in [3.05, 3.63) is 29.3 Å². The van der Waals surface area contributed by atoms with Crippen LogP contribution in [0.25, 0.3) is 0 Å². The lowest BCUT2D eigenvalue weighted by Crippen LogP contribution is -2.42. The Bertz CT molecular complexity index is 509. The highest BCUT2D eigenvalue weighted by Crippen LogP contribution is 2.27. The molecule has 21 heavy (non-hydrogen) atoms. The Morgan fingerprint density at radius 2 is 2.29 bits per heavy atom. The molecule has 0 amide bonds. The average Bonchev–Trinajstić information content (AvgIpc) is 2.50. The molecule has 1 fully saturated rings. The second-order valence-electron chi connectivity index (χ2n) is 5.92. The predicted octanol–water partition coefficient (Wildman–Crippen LogP) is 2.26.